The molecule has 0 fully saturated rings. The standard InChI is InChI=1S/C11H7N3O/c12-10(15)9-5-7-6-3-1-2-4-8(6)13-11(7)14-9/h1-5H,(H2,12,15). The smallest absolute Gasteiger partial charge is 0.267 e. The Bertz CT molecular complexity index is 567. The highest BCUT2D eigenvalue weighted by molar-refractivity contribution is 6.53. The van der Waals surface area contributed by atoms with E-state index in [0.29, 0.717) is 5.84 Å². The molecule has 0 aromatic heterocycles. The van der Waals surface area contributed by atoms with E-state index in [9.17, 15) is 4.79 Å². The summed E-state index contributed by atoms with van der Waals surface area (Å²) in [6, 6.07) is 7.72. The predicted molar refractivity (Wildman–Crippen MR) is 58.1 cm³/mol. The van der Waals surface area contributed by atoms with E-state index in [1.807, 2.05) is 24.3 Å². The maximum absolute atomic E-state index is 10.9. The number of hydrogen-bond acceptors (Lipinski definition) is 3. The maximum Gasteiger partial charge on any atom is 0.267 e. The predicted octanol–water partition coefficient (Wildman–Crippen LogP) is 1.05. The lowest BCUT2D eigenvalue weighted by Crippen LogP contribution is -2.20. The number of fused-ring (bicyclic) bond motifs is 3. The second kappa shape index (κ2) is 2.63. The van der Waals surface area contributed by atoms with Gasteiger partial charge in [-0.25, -0.2) is 9.98 Å². The third-order valence-electron chi connectivity index (χ3n) is 2.42. The van der Waals surface area contributed by atoms with E-state index in [4.69, 9.17) is 5.73 Å². The van der Waals surface area contributed by atoms with E-state index in [-0.39, 0.29) is 5.71 Å². The van der Waals surface area contributed by atoms with Gasteiger partial charge in [0, 0.05) is 11.1 Å². The van der Waals surface area contributed by atoms with Crippen LogP contribution in [0.3, 0.4) is 0 Å². The lowest BCUT2D eigenvalue weighted by Gasteiger charge is -1.95. The largest absolute Gasteiger partial charge is 0.364 e. The van der Waals surface area contributed by atoms with Crippen LogP contribution in [-0.2, 0) is 4.79 Å². The van der Waals surface area contributed by atoms with Gasteiger partial charge in [-0.2, -0.15) is 0 Å². The Morgan fingerprint density at radius 3 is 2.80 bits per heavy atom. The average molecular weight is 197 g/mol. The van der Waals surface area contributed by atoms with Crippen LogP contribution in [0.15, 0.2) is 40.3 Å². The second-order valence-electron chi connectivity index (χ2n) is 3.37. The van der Waals surface area contributed by atoms with Crippen molar-refractivity contribution in [1.82, 2.24) is 0 Å². The van der Waals surface area contributed by atoms with Gasteiger partial charge in [0.25, 0.3) is 5.91 Å². The minimum atomic E-state index is -0.517. The Labute approximate surface area is 85.8 Å². The molecule has 15 heavy (non-hydrogen) atoms. The number of rotatable bonds is 1. The molecule has 0 radical (unpaired) electrons. The summed E-state index contributed by atoms with van der Waals surface area (Å²) in [6.45, 7) is 0. The molecule has 3 rings (SSSR count). The zero-order valence-electron chi connectivity index (χ0n) is 7.77. The zero-order valence-corrected chi connectivity index (χ0v) is 7.77. The summed E-state index contributed by atoms with van der Waals surface area (Å²) < 4.78 is 0. The van der Waals surface area contributed by atoms with Gasteiger partial charge in [-0.05, 0) is 12.1 Å². The molecule has 1 aromatic rings. The number of carbonyl (C=O) groups excluding carboxylic acids is 1. The summed E-state index contributed by atoms with van der Waals surface area (Å²) in [5, 5.41) is 0. The number of primary amides is 1. The highest BCUT2D eigenvalue weighted by Gasteiger charge is 2.26. The van der Waals surface area contributed by atoms with Crippen molar-refractivity contribution in [3.05, 3.63) is 35.9 Å². The van der Waals surface area contributed by atoms with Crippen LogP contribution in [0.4, 0.5) is 5.69 Å². The highest BCUT2D eigenvalue weighted by atomic mass is 16.1. The summed E-state index contributed by atoms with van der Waals surface area (Å²) >= 11 is 0. The minimum absolute atomic E-state index is 0.276. The molecule has 4 nitrogen and oxygen atoms in total. The Morgan fingerprint density at radius 2 is 2.00 bits per heavy atom. The molecule has 1 aromatic carbocycles. The van der Waals surface area contributed by atoms with Crippen LogP contribution in [0, 0.1) is 0 Å². The van der Waals surface area contributed by atoms with Gasteiger partial charge in [0.2, 0.25) is 0 Å². The van der Waals surface area contributed by atoms with Crippen molar-refractivity contribution in [3.63, 3.8) is 0 Å². The van der Waals surface area contributed by atoms with Crippen LogP contribution < -0.4 is 5.73 Å². The number of nitrogens with two attached hydrogens (primary N) is 1. The molecule has 0 saturated heterocycles. The van der Waals surface area contributed by atoms with E-state index < -0.39 is 5.91 Å². The quantitative estimate of drug-likeness (QED) is 0.718. The second-order valence-corrected chi connectivity index (χ2v) is 3.37. The summed E-state index contributed by atoms with van der Waals surface area (Å²) in [4.78, 5) is 19.3. The first-order valence-corrected chi connectivity index (χ1v) is 4.54. The Hall–Kier alpha value is -2.23. The number of benzene rings is 1. The minimum Gasteiger partial charge on any atom is -0.364 e. The molecule has 0 saturated carbocycles. The van der Waals surface area contributed by atoms with Crippen molar-refractivity contribution in [3.8, 4) is 0 Å². The number of carbonyl (C=O) groups is 1. The molecule has 0 bridgehead atoms. The zero-order chi connectivity index (χ0) is 10.4. The molecule has 1 amide bonds. The SMILES string of the molecule is NC(=O)C1=NC2=Nc3ccccc3C2=C1. The summed E-state index contributed by atoms with van der Waals surface area (Å²) in [5.41, 5.74) is 8.22. The van der Waals surface area contributed by atoms with Crippen LogP contribution in [0.5, 0.6) is 0 Å². The summed E-state index contributed by atoms with van der Waals surface area (Å²) in [5.74, 6) is 0.0714. The highest BCUT2D eigenvalue weighted by Crippen LogP contribution is 2.36. The van der Waals surface area contributed by atoms with Crippen molar-refractivity contribution in [2.45, 2.75) is 0 Å². The van der Waals surface area contributed by atoms with Gasteiger partial charge in [0.1, 0.15) is 5.71 Å². The molecule has 4 heteroatoms. The van der Waals surface area contributed by atoms with E-state index in [1.54, 1.807) is 6.08 Å². The fourth-order valence-electron chi connectivity index (χ4n) is 1.73. The number of para-hydroxylation sites is 1. The third kappa shape index (κ3) is 1.05. The van der Waals surface area contributed by atoms with Gasteiger partial charge >= 0.3 is 0 Å². The lowest BCUT2D eigenvalue weighted by molar-refractivity contribution is -0.111. The molecule has 0 spiro atoms. The maximum atomic E-state index is 10.9. The third-order valence-corrected chi connectivity index (χ3v) is 2.42. The molecular formula is C11H7N3O. The Kier molecular flexibility index (Phi) is 1.42. The average Bonchev–Trinajstić information content (AvgIpc) is 2.73. The topological polar surface area (TPSA) is 67.8 Å². The van der Waals surface area contributed by atoms with Gasteiger partial charge in [-0.1, -0.05) is 18.2 Å². The number of hydrogen-bond donors (Lipinski definition) is 1. The van der Waals surface area contributed by atoms with Crippen LogP contribution in [0.25, 0.3) is 5.57 Å². The first-order valence-electron chi connectivity index (χ1n) is 4.54. The molecule has 0 atom stereocenters. The van der Waals surface area contributed by atoms with Crippen molar-refractivity contribution in [2.75, 3.05) is 0 Å². The number of amidine groups is 1. The molecule has 2 aliphatic rings. The fraction of sp³-hybridized carbons (Fsp3) is 0. The molecule has 0 aliphatic carbocycles. The lowest BCUT2D eigenvalue weighted by atomic mass is 10.1. The molecule has 2 heterocycles. The summed E-state index contributed by atoms with van der Waals surface area (Å²) in [7, 11) is 0. The fourth-order valence-corrected chi connectivity index (χ4v) is 1.73. The van der Waals surface area contributed by atoms with Gasteiger partial charge < -0.3 is 5.73 Å². The number of amides is 1. The van der Waals surface area contributed by atoms with Crippen molar-refractivity contribution in [1.29, 1.82) is 0 Å². The van der Waals surface area contributed by atoms with Gasteiger partial charge in [-0.15, -0.1) is 0 Å². The van der Waals surface area contributed by atoms with Crippen LogP contribution in [-0.4, -0.2) is 17.5 Å². The van der Waals surface area contributed by atoms with E-state index in [0.717, 1.165) is 16.8 Å². The van der Waals surface area contributed by atoms with Crippen LogP contribution >= 0.6 is 0 Å². The number of nitrogens with zero attached hydrogens (tertiary/aromatic N) is 2. The first kappa shape index (κ1) is 8.11. The molecule has 2 N–H and O–H groups in total. The van der Waals surface area contributed by atoms with Gasteiger partial charge in [0.15, 0.2) is 5.84 Å². The van der Waals surface area contributed by atoms with E-state index in [1.165, 1.54) is 0 Å². The molecular weight excluding hydrogens is 190 g/mol. The summed E-state index contributed by atoms with van der Waals surface area (Å²) in [6.07, 6.45) is 1.69. The van der Waals surface area contributed by atoms with E-state index in [2.05, 4.69) is 9.98 Å². The molecule has 0 unspecified atom stereocenters. The Morgan fingerprint density at radius 1 is 1.20 bits per heavy atom. The van der Waals surface area contributed by atoms with Gasteiger partial charge in [-0.3, -0.25) is 4.79 Å². The first-order chi connectivity index (χ1) is 7.25. The van der Waals surface area contributed by atoms with Crippen molar-refractivity contribution < 1.29 is 4.79 Å². The van der Waals surface area contributed by atoms with Crippen LogP contribution in [0.1, 0.15) is 5.56 Å². The normalized spacial score (nSPS) is 16.4. The molecule has 72 valence electrons. The Balaban J connectivity index is 2.16. The molecule has 2 aliphatic heterocycles. The van der Waals surface area contributed by atoms with Crippen molar-refractivity contribution in [2.24, 2.45) is 15.7 Å². The van der Waals surface area contributed by atoms with E-state index >= 15 is 0 Å². The van der Waals surface area contributed by atoms with Gasteiger partial charge in [0.05, 0.1) is 5.69 Å². The number of aliphatic imine (C=N–C) groups is 2. The van der Waals surface area contributed by atoms with Crippen molar-refractivity contribution >= 4 is 28.7 Å². The monoisotopic (exact) mass is 197 g/mol. The van der Waals surface area contributed by atoms with Crippen LogP contribution in [0.2, 0.25) is 0 Å².